The molecule has 6 heteroatoms. The number of carbonyl (C=O) groups is 1. The number of aromatic nitrogens is 3. The molecule has 2 aromatic heterocycles. The summed E-state index contributed by atoms with van der Waals surface area (Å²) >= 11 is 0. The molecule has 5 nitrogen and oxygen atoms in total. The van der Waals surface area contributed by atoms with Crippen LogP contribution in [0.25, 0.3) is 27.5 Å². The second-order valence-corrected chi connectivity index (χ2v) is 9.75. The predicted molar refractivity (Wildman–Crippen MR) is 124 cm³/mol. The molecule has 1 saturated heterocycles. The summed E-state index contributed by atoms with van der Waals surface area (Å²) in [5.74, 6) is 0.0723. The summed E-state index contributed by atoms with van der Waals surface area (Å²) in [6, 6.07) is 10.8. The minimum Gasteiger partial charge on any atom is -0.381 e. The molecule has 166 valence electrons. The summed E-state index contributed by atoms with van der Waals surface area (Å²) < 4.78 is 23.1. The fourth-order valence-electron chi connectivity index (χ4n) is 4.79. The van der Waals surface area contributed by atoms with Gasteiger partial charge in [0.15, 0.2) is 0 Å². The third-order valence-electron chi connectivity index (χ3n) is 6.48. The Bertz CT molecular complexity index is 1320. The molecule has 5 rings (SSSR count). The Balaban J connectivity index is 1.79. The molecule has 3 heterocycles. The first-order valence-electron chi connectivity index (χ1n) is 11.2. The van der Waals surface area contributed by atoms with Crippen molar-refractivity contribution in [2.75, 3.05) is 13.2 Å². The zero-order valence-electron chi connectivity index (χ0n) is 19.0. The maximum atomic E-state index is 13.7. The lowest BCUT2D eigenvalue weighted by Gasteiger charge is -2.25. The molecule has 0 bridgehead atoms. The molecule has 0 spiro atoms. The lowest BCUT2D eigenvalue weighted by atomic mass is 9.93. The standard InChI is InChI=1S/C26H28FN3O2/c1-16-21-14-22-18(15-28-30(22)25(31)26(2,3)4)13-23(21)29(20-7-5-19(27)6-8-20)24(16)17-9-11-32-12-10-17/h5-8,13-15,17H,9-12H2,1-4H3. The van der Waals surface area contributed by atoms with Crippen molar-refractivity contribution in [1.29, 1.82) is 0 Å². The Morgan fingerprint density at radius 3 is 2.44 bits per heavy atom. The van der Waals surface area contributed by atoms with Crippen molar-refractivity contribution in [3.8, 4) is 5.69 Å². The lowest BCUT2D eigenvalue weighted by molar-refractivity contribution is 0.0755. The first-order valence-corrected chi connectivity index (χ1v) is 11.2. The molecule has 0 N–H and O–H groups in total. The normalized spacial score (nSPS) is 15.7. The minimum atomic E-state index is -0.531. The van der Waals surface area contributed by atoms with Crippen LogP contribution < -0.4 is 0 Å². The molecular weight excluding hydrogens is 405 g/mol. The zero-order chi connectivity index (χ0) is 22.6. The Labute approximate surface area is 186 Å². The number of ether oxygens (including phenoxy) is 1. The van der Waals surface area contributed by atoms with Crippen LogP contribution in [0.5, 0.6) is 0 Å². The van der Waals surface area contributed by atoms with E-state index in [1.165, 1.54) is 28.1 Å². The molecule has 0 unspecified atom stereocenters. The van der Waals surface area contributed by atoms with E-state index in [1.54, 1.807) is 6.20 Å². The Morgan fingerprint density at radius 1 is 1.09 bits per heavy atom. The molecule has 2 aromatic carbocycles. The second-order valence-electron chi connectivity index (χ2n) is 9.75. The van der Waals surface area contributed by atoms with Gasteiger partial charge in [0, 0.05) is 46.7 Å². The summed E-state index contributed by atoms with van der Waals surface area (Å²) in [4.78, 5) is 13.0. The SMILES string of the molecule is Cc1c(C2CCOCC2)n(-c2ccc(F)cc2)c2cc3cnn(C(=O)C(C)(C)C)c3cc12. The molecule has 0 aliphatic carbocycles. The fraction of sp³-hybridized carbons (Fsp3) is 0.385. The average Bonchev–Trinajstić information content (AvgIpc) is 3.31. The van der Waals surface area contributed by atoms with Crippen LogP contribution in [-0.2, 0) is 4.74 Å². The van der Waals surface area contributed by atoms with Crippen molar-refractivity contribution in [2.45, 2.75) is 46.5 Å². The summed E-state index contributed by atoms with van der Waals surface area (Å²) in [7, 11) is 0. The van der Waals surface area contributed by atoms with Crippen LogP contribution in [-0.4, -0.2) is 33.5 Å². The molecule has 1 fully saturated rings. The van der Waals surface area contributed by atoms with E-state index < -0.39 is 5.41 Å². The lowest BCUT2D eigenvalue weighted by Crippen LogP contribution is -2.27. The minimum absolute atomic E-state index is 0.0351. The average molecular weight is 434 g/mol. The van der Waals surface area contributed by atoms with E-state index >= 15 is 0 Å². The molecule has 32 heavy (non-hydrogen) atoms. The smallest absolute Gasteiger partial charge is 0.252 e. The number of aryl methyl sites for hydroxylation is 1. The molecule has 0 atom stereocenters. The molecule has 1 aliphatic rings. The highest BCUT2D eigenvalue weighted by Gasteiger charge is 2.28. The van der Waals surface area contributed by atoms with E-state index in [4.69, 9.17) is 4.74 Å². The molecule has 0 amide bonds. The van der Waals surface area contributed by atoms with E-state index in [2.05, 4.69) is 28.7 Å². The molecule has 1 aliphatic heterocycles. The maximum absolute atomic E-state index is 13.7. The number of halogens is 1. The summed E-state index contributed by atoms with van der Waals surface area (Å²) in [6.07, 6.45) is 3.66. The number of fused-ring (bicyclic) bond motifs is 2. The number of hydrogen-bond acceptors (Lipinski definition) is 3. The van der Waals surface area contributed by atoms with Crippen LogP contribution in [0, 0.1) is 18.2 Å². The van der Waals surface area contributed by atoms with Gasteiger partial charge in [-0.25, -0.2) is 4.39 Å². The molecule has 4 aromatic rings. The topological polar surface area (TPSA) is 49.0 Å². The van der Waals surface area contributed by atoms with Crippen molar-refractivity contribution in [3.63, 3.8) is 0 Å². The quantitative estimate of drug-likeness (QED) is 0.389. The highest BCUT2D eigenvalue weighted by atomic mass is 19.1. The van der Waals surface area contributed by atoms with E-state index in [1.807, 2.05) is 32.9 Å². The van der Waals surface area contributed by atoms with Crippen LogP contribution in [0.15, 0.2) is 42.6 Å². The van der Waals surface area contributed by atoms with Crippen molar-refractivity contribution in [3.05, 3.63) is 59.7 Å². The van der Waals surface area contributed by atoms with Gasteiger partial charge in [0.1, 0.15) is 5.82 Å². The van der Waals surface area contributed by atoms with E-state index in [0.717, 1.165) is 53.5 Å². The first kappa shape index (κ1) is 20.9. The summed E-state index contributed by atoms with van der Waals surface area (Å²) in [6.45, 7) is 9.34. The highest BCUT2D eigenvalue weighted by Crippen LogP contribution is 2.39. The molecule has 0 saturated carbocycles. The van der Waals surface area contributed by atoms with Crippen molar-refractivity contribution >= 4 is 27.7 Å². The fourth-order valence-corrected chi connectivity index (χ4v) is 4.79. The van der Waals surface area contributed by atoms with Crippen LogP contribution in [0.3, 0.4) is 0 Å². The van der Waals surface area contributed by atoms with Crippen LogP contribution >= 0.6 is 0 Å². The zero-order valence-corrected chi connectivity index (χ0v) is 19.0. The van der Waals surface area contributed by atoms with Gasteiger partial charge in [-0.2, -0.15) is 9.78 Å². The van der Waals surface area contributed by atoms with Gasteiger partial charge >= 0.3 is 0 Å². The Morgan fingerprint density at radius 2 is 1.78 bits per heavy atom. The Kier molecular flexibility index (Phi) is 4.93. The van der Waals surface area contributed by atoms with Gasteiger partial charge in [0.2, 0.25) is 0 Å². The van der Waals surface area contributed by atoms with Crippen molar-refractivity contribution < 1.29 is 13.9 Å². The first-order chi connectivity index (χ1) is 15.3. The van der Waals surface area contributed by atoms with Crippen molar-refractivity contribution in [2.24, 2.45) is 5.41 Å². The maximum Gasteiger partial charge on any atom is 0.252 e. The molecular formula is C26H28FN3O2. The Hall–Kier alpha value is -2.99. The largest absolute Gasteiger partial charge is 0.381 e. The van der Waals surface area contributed by atoms with E-state index in [0.29, 0.717) is 5.92 Å². The van der Waals surface area contributed by atoms with Gasteiger partial charge in [-0.05, 0) is 61.7 Å². The van der Waals surface area contributed by atoms with E-state index in [9.17, 15) is 9.18 Å². The number of hydrogen-bond donors (Lipinski definition) is 0. The highest BCUT2D eigenvalue weighted by molar-refractivity contribution is 6.02. The summed E-state index contributed by atoms with van der Waals surface area (Å²) in [5.41, 5.74) is 4.69. The number of carbonyl (C=O) groups excluding carboxylic acids is 1. The predicted octanol–water partition coefficient (Wildman–Crippen LogP) is 6.01. The van der Waals surface area contributed by atoms with Gasteiger partial charge in [-0.15, -0.1) is 0 Å². The van der Waals surface area contributed by atoms with Crippen LogP contribution in [0.1, 0.15) is 55.6 Å². The van der Waals surface area contributed by atoms with Gasteiger partial charge in [-0.1, -0.05) is 20.8 Å². The van der Waals surface area contributed by atoms with E-state index in [-0.39, 0.29) is 11.7 Å². The van der Waals surface area contributed by atoms with Crippen LogP contribution in [0.4, 0.5) is 4.39 Å². The second kappa shape index (κ2) is 7.55. The summed E-state index contributed by atoms with van der Waals surface area (Å²) in [5, 5.41) is 6.41. The van der Waals surface area contributed by atoms with Crippen LogP contribution in [0.2, 0.25) is 0 Å². The van der Waals surface area contributed by atoms with Gasteiger partial charge < -0.3 is 9.30 Å². The monoisotopic (exact) mass is 433 g/mol. The third-order valence-corrected chi connectivity index (χ3v) is 6.48. The number of nitrogens with zero attached hydrogens (tertiary/aromatic N) is 3. The molecule has 0 radical (unpaired) electrons. The van der Waals surface area contributed by atoms with Gasteiger partial charge in [-0.3, -0.25) is 4.79 Å². The van der Waals surface area contributed by atoms with Crippen molar-refractivity contribution in [1.82, 2.24) is 14.3 Å². The third kappa shape index (κ3) is 3.34. The number of benzene rings is 2. The van der Waals surface area contributed by atoms with Gasteiger partial charge in [0.25, 0.3) is 5.91 Å². The van der Waals surface area contributed by atoms with Gasteiger partial charge in [0.05, 0.1) is 17.2 Å². The number of rotatable bonds is 2.